The lowest BCUT2D eigenvalue weighted by Crippen LogP contribution is -2.25. The van der Waals surface area contributed by atoms with Gasteiger partial charge < -0.3 is 20.1 Å². The van der Waals surface area contributed by atoms with Crippen molar-refractivity contribution in [1.29, 1.82) is 5.26 Å². The zero-order valence-corrected chi connectivity index (χ0v) is 24.6. The molecule has 4 aromatic rings. The van der Waals surface area contributed by atoms with Gasteiger partial charge in [0.1, 0.15) is 30.0 Å². The summed E-state index contributed by atoms with van der Waals surface area (Å²) in [4.78, 5) is 17.3. The molecular formula is C29H24ClFN4O5S2. The topological polar surface area (TPSA) is 130 Å². The number of hydrogen-bond donors (Lipinski definition) is 2. The first-order chi connectivity index (χ1) is 20.2. The van der Waals surface area contributed by atoms with E-state index in [4.69, 9.17) is 21.1 Å². The smallest absolute Gasteiger partial charge is 0.229 e. The van der Waals surface area contributed by atoms with Crippen molar-refractivity contribution in [2.45, 2.75) is 13.5 Å². The summed E-state index contributed by atoms with van der Waals surface area (Å²) in [6.07, 6.45) is 1.43. The van der Waals surface area contributed by atoms with E-state index in [1.807, 2.05) is 0 Å². The number of aromatic nitrogens is 1. The number of hydrogen-bond acceptors (Lipinski definition) is 9. The predicted molar refractivity (Wildman–Crippen MR) is 161 cm³/mol. The molecular weight excluding hydrogens is 603 g/mol. The van der Waals surface area contributed by atoms with Crippen LogP contribution in [-0.2, 0) is 20.3 Å². The largest absolute Gasteiger partial charge is 0.492 e. The monoisotopic (exact) mass is 626 g/mol. The number of nitrogens with zero attached hydrogens (tertiary/aromatic N) is 2. The first-order valence-corrected chi connectivity index (χ1v) is 16.3. The number of anilines is 3. The first kappa shape index (κ1) is 29.4. The highest BCUT2D eigenvalue weighted by molar-refractivity contribution is 8.72. The summed E-state index contributed by atoms with van der Waals surface area (Å²) < 4.78 is 48.7. The van der Waals surface area contributed by atoms with Gasteiger partial charge in [0, 0.05) is 29.1 Å². The number of fused-ring (bicyclic) bond motifs is 1. The third-order valence-electron chi connectivity index (χ3n) is 6.36. The van der Waals surface area contributed by atoms with Crippen molar-refractivity contribution in [2.24, 2.45) is 5.92 Å². The number of benzene rings is 3. The highest BCUT2D eigenvalue weighted by Gasteiger charge is 2.34. The number of amides is 1. The molecule has 42 heavy (non-hydrogen) atoms. The fourth-order valence-corrected chi connectivity index (χ4v) is 8.13. The summed E-state index contributed by atoms with van der Waals surface area (Å²) in [6, 6.07) is 16.5. The summed E-state index contributed by atoms with van der Waals surface area (Å²) in [5, 5.41) is 16.7. The maximum Gasteiger partial charge on any atom is 0.229 e. The van der Waals surface area contributed by atoms with E-state index in [1.54, 1.807) is 49.4 Å². The molecule has 1 amide bonds. The first-order valence-electron chi connectivity index (χ1n) is 12.8. The fourth-order valence-electron chi connectivity index (χ4n) is 4.35. The normalized spacial score (nSPS) is 15.6. The van der Waals surface area contributed by atoms with Crippen molar-refractivity contribution >= 4 is 65.1 Å². The molecule has 1 aliphatic heterocycles. The van der Waals surface area contributed by atoms with E-state index in [1.165, 1.54) is 18.3 Å². The molecule has 0 aliphatic carbocycles. The standard InChI is InChI=1S/C29H24ClFN4O5S2/c1-2-39-27-11-24-22(10-25(27)35-29(36)19-15-41-42(37,38)16-19)28(18(12-32)13-33-24)34-21-6-7-26(23(30)9-21)40-14-17-4-3-5-20(31)8-17/h3-11,13,19H,2,14-16H2,1H3,(H,33,34)(H,35,36). The van der Waals surface area contributed by atoms with Crippen LogP contribution in [0, 0.1) is 23.1 Å². The maximum absolute atomic E-state index is 13.5. The Balaban J connectivity index is 1.44. The summed E-state index contributed by atoms with van der Waals surface area (Å²) in [7, 11) is -2.56. The van der Waals surface area contributed by atoms with Crippen molar-refractivity contribution in [3.8, 4) is 17.6 Å². The Kier molecular flexibility index (Phi) is 8.72. The van der Waals surface area contributed by atoms with Gasteiger partial charge in [-0.05, 0) is 59.7 Å². The third kappa shape index (κ3) is 6.70. The van der Waals surface area contributed by atoms with Crippen LogP contribution in [0.2, 0.25) is 5.02 Å². The Bertz CT molecular complexity index is 1830. The van der Waals surface area contributed by atoms with Crippen LogP contribution in [0.3, 0.4) is 0 Å². The molecule has 3 aromatic carbocycles. The van der Waals surface area contributed by atoms with E-state index >= 15 is 0 Å². The van der Waals surface area contributed by atoms with Crippen LogP contribution in [0.4, 0.5) is 21.5 Å². The van der Waals surface area contributed by atoms with Crippen LogP contribution in [0.15, 0.2) is 60.8 Å². The molecule has 0 bridgehead atoms. The van der Waals surface area contributed by atoms with Gasteiger partial charge in [-0.3, -0.25) is 9.78 Å². The molecule has 1 fully saturated rings. The molecule has 0 radical (unpaired) electrons. The van der Waals surface area contributed by atoms with Crippen LogP contribution in [0.5, 0.6) is 11.5 Å². The summed E-state index contributed by atoms with van der Waals surface area (Å²) in [5.41, 5.74) is 2.68. The van der Waals surface area contributed by atoms with E-state index in [0.29, 0.717) is 56.7 Å². The molecule has 0 spiro atoms. The zero-order valence-electron chi connectivity index (χ0n) is 22.2. The highest BCUT2D eigenvalue weighted by atomic mass is 35.5. The van der Waals surface area contributed by atoms with Crippen molar-refractivity contribution in [1.82, 2.24) is 4.98 Å². The van der Waals surface area contributed by atoms with E-state index in [9.17, 15) is 22.9 Å². The lowest BCUT2D eigenvalue weighted by Gasteiger charge is -2.17. The molecule has 1 unspecified atom stereocenters. The van der Waals surface area contributed by atoms with Crippen molar-refractivity contribution in [3.63, 3.8) is 0 Å². The molecule has 2 N–H and O–H groups in total. The molecule has 13 heteroatoms. The van der Waals surface area contributed by atoms with Crippen LogP contribution in [0.25, 0.3) is 10.9 Å². The third-order valence-corrected chi connectivity index (χ3v) is 10.3. The van der Waals surface area contributed by atoms with Crippen molar-refractivity contribution < 1.29 is 27.1 Å². The lowest BCUT2D eigenvalue weighted by molar-refractivity contribution is -0.118. The quantitative estimate of drug-likeness (QED) is 0.207. The number of carbonyl (C=O) groups is 1. The molecule has 2 heterocycles. The van der Waals surface area contributed by atoms with E-state index < -0.39 is 20.7 Å². The number of pyridine rings is 1. The molecule has 0 saturated carbocycles. The van der Waals surface area contributed by atoms with Gasteiger partial charge >= 0.3 is 0 Å². The maximum atomic E-state index is 13.5. The molecule has 1 aliphatic rings. The highest BCUT2D eigenvalue weighted by Crippen LogP contribution is 2.38. The van der Waals surface area contributed by atoms with Gasteiger partial charge in [-0.1, -0.05) is 23.7 Å². The molecule has 1 saturated heterocycles. The second-order valence-corrected chi connectivity index (χ2v) is 14.0. The Morgan fingerprint density at radius 2 is 2.02 bits per heavy atom. The summed E-state index contributed by atoms with van der Waals surface area (Å²) in [5.74, 6) is -0.819. The van der Waals surface area contributed by atoms with Gasteiger partial charge in [-0.15, -0.1) is 0 Å². The van der Waals surface area contributed by atoms with E-state index in [0.717, 1.165) is 10.8 Å². The minimum absolute atomic E-state index is 0.125. The van der Waals surface area contributed by atoms with Gasteiger partial charge in [-0.2, -0.15) is 5.26 Å². The minimum atomic E-state index is -3.33. The average molecular weight is 627 g/mol. The molecule has 1 atom stereocenters. The lowest BCUT2D eigenvalue weighted by atomic mass is 10.1. The molecule has 9 nitrogen and oxygen atoms in total. The average Bonchev–Trinajstić information content (AvgIpc) is 3.33. The number of carbonyl (C=O) groups excluding carboxylic acids is 1. The van der Waals surface area contributed by atoms with Gasteiger partial charge in [0.2, 0.25) is 14.8 Å². The van der Waals surface area contributed by atoms with Crippen LogP contribution in [0.1, 0.15) is 18.1 Å². The second kappa shape index (κ2) is 12.4. The van der Waals surface area contributed by atoms with Gasteiger partial charge in [0.25, 0.3) is 0 Å². The van der Waals surface area contributed by atoms with Gasteiger partial charge in [-0.25, -0.2) is 12.8 Å². The molecule has 5 rings (SSSR count). The summed E-state index contributed by atoms with van der Waals surface area (Å²) in [6.45, 7) is 2.24. The van der Waals surface area contributed by atoms with E-state index in [-0.39, 0.29) is 29.5 Å². The van der Waals surface area contributed by atoms with Crippen molar-refractivity contribution in [3.05, 3.63) is 82.8 Å². The number of halogens is 2. The van der Waals surface area contributed by atoms with Crippen LogP contribution >= 0.6 is 22.4 Å². The van der Waals surface area contributed by atoms with Gasteiger partial charge in [0.05, 0.1) is 45.8 Å². The van der Waals surface area contributed by atoms with Crippen molar-refractivity contribution in [2.75, 3.05) is 28.7 Å². The minimum Gasteiger partial charge on any atom is -0.492 e. The fraction of sp³-hybridized carbons (Fsp3) is 0.207. The second-order valence-electron chi connectivity index (χ2n) is 9.34. The van der Waals surface area contributed by atoms with E-state index in [2.05, 4.69) is 21.7 Å². The predicted octanol–water partition coefficient (Wildman–Crippen LogP) is 6.25. The van der Waals surface area contributed by atoms with Crippen LogP contribution in [-0.4, -0.2) is 37.4 Å². The Hall–Kier alpha value is -4.05. The Labute approximate surface area is 250 Å². The summed E-state index contributed by atoms with van der Waals surface area (Å²) >= 11 is 6.48. The molecule has 1 aromatic heterocycles. The van der Waals surface area contributed by atoms with Gasteiger partial charge in [0.15, 0.2) is 0 Å². The number of nitrogens with one attached hydrogen (secondary N) is 2. The zero-order chi connectivity index (χ0) is 29.9. The Morgan fingerprint density at radius 3 is 2.71 bits per heavy atom. The molecule has 216 valence electrons. The number of rotatable bonds is 9. The SMILES string of the molecule is CCOc1cc2ncc(C#N)c(Nc3ccc(OCc4cccc(F)c4)c(Cl)c3)c2cc1NC(=O)C1CSS(=O)(=O)C1. The number of ether oxygens (including phenoxy) is 2. The Morgan fingerprint density at radius 1 is 1.19 bits per heavy atom. The number of nitriles is 1. The van der Waals surface area contributed by atoms with Crippen LogP contribution < -0.4 is 20.1 Å².